The molecular weight excluding hydrogens is 314 g/mol. The van der Waals surface area contributed by atoms with Gasteiger partial charge in [-0.3, -0.25) is 0 Å². The van der Waals surface area contributed by atoms with Gasteiger partial charge in [-0.2, -0.15) is 0 Å². The molecule has 0 saturated heterocycles. The largest absolute Gasteiger partial charge is 0.496 e. The zero-order chi connectivity index (χ0) is 13.3. The molecule has 0 aromatic heterocycles. The second-order valence-corrected chi connectivity index (χ2v) is 5.25. The van der Waals surface area contributed by atoms with Gasteiger partial charge in [-0.05, 0) is 30.3 Å². The van der Waals surface area contributed by atoms with Gasteiger partial charge in [-0.25, -0.2) is 0 Å². The van der Waals surface area contributed by atoms with Gasteiger partial charge in [0.05, 0.1) is 22.2 Å². The van der Waals surface area contributed by atoms with Crippen molar-refractivity contribution in [3.8, 4) is 16.9 Å². The van der Waals surface area contributed by atoms with Crippen LogP contribution in [-0.2, 0) is 0 Å². The van der Waals surface area contributed by atoms with E-state index in [1.165, 1.54) is 0 Å². The number of rotatable bonds is 2. The fraction of sp³-hybridized carbons (Fsp3) is 0.0769. The van der Waals surface area contributed by atoms with Crippen molar-refractivity contribution in [2.75, 3.05) is 7.11 Å². The number of ether oxygens (including phenoxy) is 1. The molecule has 0 spiro atoms. The molecule has 0 fully saturated rings. The van der Waals surface area contributed by atoms with Crippen LogP contribution in [0.1, 0.15) is 0 Å². The number of hydrogen-bond donors (Lipinski definition) is 0. The first kappa shape index (κ1) is 13.8. The van der Waals surface area contributed by atoms with E-state index in [1.54, 1.807) is 31.4 Å². The summed E-state index contributed by atoms with van der Waals surface area (Å²) in [6.07, 6.45) is 0. The lowest BCUT2D eigenvalue weighted by Gasteiger charge is -2.11. The van der Waals surface area contributed by atoms with E-state index in [0.29, 0.717) is 25.8 Å². The van der Waals surface area contributed by atoms with Crippen LogP contribution in [0.3, 0.4) is 0 Å². The van der Waals surface area contributed by atoms with Gasteiger partial charge in [-0.1, -0.05) is 46.4 Å². The summed E-state index contributed by atoms with van der Waals surface area (Å²) in [5.74, 6) is 0.628. The summed E-state index contributed by atoms with van der Waals surface area (Å²) >= 11 is 24.0. The smallest absolute Gasteiger partial charge is 0.128 e. The van der Waals surface area contributed by atoms with Crippen LogP contribution in [0.5, 0.6) is 5.75 Å². The first-order valence-corrected chi connectivity index (χ1v) is 6.52. The van der Waals surface area contributed by atoms with Crippen molar-refractivity contribution in [2.45, 2.75) is 0 Å². The van der Waals surface area contributed by atoms with Crippen molar-refractivity contribution in [1.82, 2.24) is 0 Å². The molecule has 5 heteroatoms. The molecule has 0 radical (unpaired) electrons. The zero-order valence-corrected chi connectivity index (χ0v) is 12.3. The van der Waals surface area contributed by atoms with E-state index in [9.17, 15) is 0 Å². The molecule has 0 bridgehead atoms. The van der Waals surface area contributed by atoms with Crippen LogP contribution in [0.4, 0.5) is 0 Å². The zero-order valence-electron chi connectivity index (χ0n) is 9.31. The van der Waals surface area contributed by atoms with E-state index in [2.05, 4.69) is 0 Å². The Balaban J connectivity index is 2.65. The number of hydrogen-bond acceptors (Lipinski definition) is 1. The van der Waals surface area contributed by atoms with E-state index in [-0.39, 0.29) is 0 Å². The Morgan fingerprint density at radius 1 is 0.778 bits per heavy atom. The molecule has 0 unspecified atom stereocenters. The van der Waals surface area contributed by atoms with Gasteiger partial charge in [0.15, 0.2) is 0 Å². The quantitative estimate of drug-likeness (QED) is 0.618. The molecule has 0 saturated carbocycles. The summed E-state index contributed by atoms with van der Waals surface area (Å²) < 4.78 is 5.29. The molecule has 0 atom stereocenters. The summed E-state index contributed by atoms with van der Waals surface area (Å²) in [4.78, 5) is 0. The summed E-state index contributed by atoms with van der Waals surface area (Å²) in [5, 5.41) is 1.95. The molecule has 18 heavy (non-hydrogen) atoms. The minimum Gasteiger partial charge on any atom is -0.496 e. The average Bonchev–Trinajstić information content (AvgIpc) is 2.34. The molecule has 0 aliphatic carbocycles. The fourth-order valence-corrected chi connectivity index (χ4v) is 2.43. The summed E-state index contributed by atoms with van der Waals surface area (Å²) in [5.41, 5.74) is 1.56. The standard InChI is InChI=1S/C13H8Cl4O/c1-18-13-4-7(14)2-3-8(13)9-5-11(16)12(17)6-10(9)15/h2-6H,1H3. The maximum absolute atomic E-state index is 6.17. The fourth-order valence-electron chi connectivity index (χ4n) is 1.62. The van der Waals surface area contributed by atoms with Gasteiger partial charge in [0.1, 0.15) is 5.75 Å². The van der Waals surface area contributed by atoms with Gasteiger partial charge >= 0.3 is 0 Å². The molecule has 0 aliphatic rings. The number of benzene rings is 2. The Bertz CT molecular complexity index is 596. The Labute approximate surface area is 125 Å². The van der Waals surface area contributed by atoms with Crippen LogP contribution < -0.4 is 4.74 Å². The average molecular weight is 322 g/mol. The Kier molecular flexibility index (Phi) is 4.29. The van der Waals surface area contributed by atoms with Crippen LogP contribution in [0, 0.1) is 0 Å². The van der Waals surface area contributed by atoms with Crippen LogP contribution in [0.15, 0.2) is 30.3 Å². The molecule has 0 amide bonds. The van der Waals surface area contributed by atoms with Crippen molar-refractivity contribution in [2.24, 2.45) is 0 Å². The van der Waals surface area contributed by atoms with Crippen LogP contribution >= 0.6 is 46.4 Å². The van der Waals surface area contributed by atoms with E-state index < -0.39 is 0 Å². The maximum atomic E-state index is 6.17. The molecule has 2 aromatic carbocycles. The lowest BCUT2D eigenvalue weighted by atomic mass is 10.0. The highest BCUT2D eigenvalue weighted by atomic mass is 35.5. The van der Waals surface area contributed by atoms with Gasteiger partial charge in [-0.15, -0.1) is 0 Å². The van der Waals surface area contributed by atoms with Crippen molar-refractivity contribution in [3.05, 3.63) is 50.4 Å². The molecule has 0 N–H and O–H groups in total. The normalized spacial score (nSPS) is 10.5. The predicted octanol–water partition coefficient (Wildman–Crippen LogP) is 5.98. The molecule has 2 rings (SSSR count). The van der Waals surface area contributed by atoms with E-state index in [0.717, 1.165) is 11.1 Å². The first-order valence-electron chi connectivity index (χ1n) is 5.01. The second kappa shape index (κ2) is 5.58. The molecule has 94 valence electrons. The molecule has 0 heterocycles. The highest BCUT2D eigenvalue weighted by Crippen LogP contribution is 2.40. The summed E-state index contributed by atoms with van der Waals surface area (Å²) in [6, 6.07) is 8.62. The third-order valence-electron chi connectivity index (χ3n) is 2.46. The summed E-state index contributed by atoms with van der Waals surface area (Å²) in [6.45, 7) is 0. The Morgan fingerprint density at radius 2 is 1.44 bits per heavy atom. The van der Waals surface area contributed by atoms with Crippen molar-refractivity contribution in [1.29, 1.82) is 0 Å². The minimum atomic E-state index is 0.415. The van der Waals surface area contributed by atoms with E-state index in [1.807, 2.05) is 6.07 Å². The van der Waals surface area contributed by atoms with Gasteiger partial charge in [0.25, 0.3) is 0 Å². The molecule has 1 nitrogen and oxygen atoms in total. The summed E-state index contributed by atoms with van der Waals surface area (Å²) in [7, 11) is 1.57. The number of methoxy groups -OCH3 is 1. The minimum absolute atomic E-state index is 0.415. The monoisotopic (exact) mass is 320 g/mol. The third-order valence-corrected chi connectivity index (χ3v) is 3.73. The topological polar surface area (TPSA) is 9.23 Å². The van der Waals surface area contributed by atoms with Crippen molar-refractivity contribution in [3.63, 3.8) is 0 Å². The van der Waals surface area contributed by atoms with Crippen LogP contribution in [0.25, 0.3) is 11.1 Å². The first-order chi connectivity index (χ1) is 8.52. The van der Waals surface area contributed by atoms with Gasteiger partial charge < -0.3 is 4.74 Å². The highest BCUT2D eigenvalue weighted by molar-refractivity contribution is 6.44. The predicted molar refractivity (Wildman–Crippen MR) is 78.5 cm³/mol. The van der Waals surface area contributed by atoms with Crippen LogP contribution in [-0.4, -0.2) is 7.11 Å². The lowest BCUT2D eigenvalue weighted by Crippen LogP contribution is -1.89. The lowest BCUT2D eigenvalue weighted by molar-refractivity contribution is 0.416. The van der Waals surface area contributed by atoms with E-state index in [4.69, 9.17) is 51.1 Å². The maximum Gasteiger partial charge on any atom is 0.128 e. The molecule has 2 aromatic rings. The molecule has 0 aliphatic heterocycles. The third kappa shape index (κ3) is 2.70. The highest BCUT2D eigenvalue weighted by Gasteiger charge is 2.12. The SMILES string of the molecule is COc1cc(Cl)ccc1-c1cc(Cl)c(Cl)cc1Cl. The molecular formula is C13H8Cl4O. The van der Waals surface area contributed by atoms with Gasteiger partial charge in [0, 0.05) is 16.1 Å². The van der Waals surface area contributed by atoms with Gasteiger partial charge in [0.2, 0.25) is 0 Å². The Morgan fingerprint density at radius 3 is 2.11 bits per heavy atom. The van der Waals surface area contributed by atoms with E-state index >= 15 is 0 Å². The second-order valence-electron chi connectivity index (χ2n) is 3.59. The van der Waals surface area contributed by atoms with Crippen molar-refractivity contribution < 1.29 is 4.74 Å². The number of halogens is 4. The van der Waals surface area contributed by atoms with Crippen molar-refractivity contribution >= 4 is 46.4 Å². The Hall–Kier alpha value is -0.600. The van der Waals surface area contributed by atoms with Crippen LogP contribution in [0.2, 0.25) is 20.1 Å².